The highest BCUT2D eigenvalue weighted by Gasteiger charge is 2.29. The molecule has 23 heavy (non-hydrogen) atoms. The second-order valence-corrected chi connectivity index (χ2v) is 5.14. The van der Waals surface area contributed by atoms with E-state index >= 15 is 0 Å². The molecule has 2 amide bonds. The van der Waals surface area contributed by atoms with Crippen molar-refractivity contribution in [3.8, 4) is 0 Å². The topological polar surface area (TPSA) is 84.9 Å². The van der Waals surface area contributed by atoms with Crippen LogP contribution in [0.4, 0.5) is 0 Å². The second-order valence-electron chi connectivity index (χ2n) is 5.14. The number of nitrogens with zero attached hydrogens (tertiary/aromatic N) is 1. The molecule has 1 aliphatic rings. The van der Waals surface area contributed by atoms with E-state index in [1.54, 1.807) is 0 Å². The lowest BCUT2D eigenvalue weighted by Gasteiger charge is -2.24. The number of amides is 2. The van der Waals surface area contributed by atoms with Gasteiger partial charge in [-0.1, -0.05) is 30.3 Å². The zero-order valence-corrected chi connectivity index (χ0v) is 12.8. The lowest BCUT2D eigenvalue weighted by Crippen LogP contribution is -2.42. The molecule has 1 unspecified atom stereocenters. The van der Waals surface area contributed by atoms with E-state index in [0.717, 1.165) is 12.0 Å². The fourth-order valence-electron chi connectivity index (χ4n) is 2.37. The molecule has 1 heterocycles. The van der Waals surface area contributed by atoms with E-state index in [9.17, 15) is 14.4 Å². The molecule has 7 nitrogen and oxygen atoms in total. The van der Waals surface area contributed by atoms with E-state index in [4.69, 9.17) is 9.47 Å². The molecule has 2 rings (SSSR count). The molecular weight excluding hydrogens is 300 g/mol. The van der Waals surface area contributed by atoms with Gasteiger partial charge in [-0.05, 0) is 18.4 Å². The minimum Gasteiger partial charge on any atom is -0.459 e. The first-order chi connectivity index (χ1) is 11.2. The molecule has 0 bridgehead atoms. The highest BCUT2D eigenvalue weighted by atomic mass is 16.6. The minimum atomic E-state index is -0.473. The average Bonchev–Trinajstić information content (AvgIpc) is 3.05. The highest BCUT2D eigenvalue weighted by molar-refractivity contribution is 5.80. The van der Waals surface area contributed by atoms with Gasteiger partial charge in [0.25, 0.3) is 0 Å². The molecule has 1 N–H and O–H groups in total. The zero-order chi connectivity index (χ0) is 16.5. The highest BCUT2D eigenvalue weighted by Crippen LogP contribution is 2.18. The SMILES string of the molecule is O=CNCC(=O)N1CCCC1OCC(=O)OCc1ccccc1. The standard InChI is InChI=1S/C16H20N2O5/c19-12-17-9-14(20)18-8-4-7-15(18)22-11-16(21)23-10-13-5-2-1-3-6-13/h1-3,5-6,12,15H,4,7-11H2,(H,17,19). The molecule has 7 heteroatoms. The Morgan fingerprint density at radius 2 is 2.09 bits per heavy atom. The first kappa shape index (κ1) is 17.0. The van der Waals surface area contributed by atoms with E-state index in [1.807, 2.05) is 30.3 Å². The third kappa shape index (κ3) is 5.37. The van der Waals surface area contributed by atoms with Crippen LogP contribution in [0.3, 0.4) is 0 Å². The number of ether oxygens (including phenoxy) is 2. The van der Waals surface area contributed by atoms with E-state index < -0.39 is 12.2 Å². The molecule has 1 aliphatic heterocycles. The summed E-state index contributed by atoms with van der Waals surface area (Å²) in [5.41, 5.74) is 0.901. The predicted molar refractivity (Wildman–Crippen MR) is 81.0 cm³/mol. The Balaban J connectivity index is 1.72. The Bertz CT molecular complexity index is 535. The number of nitrogens with one attached hydrogen (secondary N) is 1. The lowest BCUT2D eigenvalue weighted by atomic mass is 10.2. The van der Waals surface area contributed by atoms with Crippen LogP contribution in [0.25, 0.3) is 0 Å². The number of rotatable bonds is 8. The van der Waals surface area contributed by atoms with Crippen LogP contribution in [0.5, 0.6) is 0 Å². The van der Waals surface area contributed by atoms with Crippen LogP contribution < -0.4 is 5.32 Å². The molecule has 1 aromatic carbocycles. The van der Waals surface area contributed by atoms with Crippen molar-refractivity contribution < 1.29 is 23.9 Å². The van der Waals surface area contributed by atoms with Crippen molar-refractivity contribution in [2.75, 3.05) is 19.7 Å². The van der Waals surface area contributed by atoms with Crippen molar-refractivity contribution in [3.63, 3.8) is 0 Å². The summed E-state index contributed by atoms with van der Waals surface area (Å²) in [5.74, 6) is -0.698. The van der Waals surface area contributed by atoms with Crippen molar-refractivity contribution in [1.29, 1.82) is 0 Å². The van der Waals surface area contributed by atoms with Crippen LogP contribution in [0, 0.1) is 0 Å². The fourth-order valence-corrected chi connectivity index (χ4v) is 2.37. The molecule has 1 atom stereocenters. The summed E-state index contributed by atoms with van der Waals surface area (Å²) in [6, 6.07) is 9.36. The van der Waals surface area contributed by atoms with Gasteiger partial charge in [-0.2, -0.15) is 0 Å². The second kappa shape index (κ2) is 8.89. The van der Waals surface area contributed by atoms with E-state index in [-0.39, 0.29) is 25.7 Å². The minimum absolute atomic E-state index is 0.0676. The summed E-state index contributed by atoms with van der Waals surface area (Å²) in [5, 5.41) is 2.33. The van der Waals surface area contributed by atoms with Gasteiger partial charge in [0.05, 0.1) is 6.54 Å². The molecule has 0 spiro atoms. The van der Waals surface area contributed by atoms with Gasteiger partial charge in [0, 0.05) is 6.54 Å². The van der Waals surface area contributed by atoms with E-state index in [0.29, 0.717) is 19.4 Å². The molecule has 1 fully saturated rings. The zero-order valence-electron chi connectivity index (χ0n) is 12.8. The van der Waals surface area contributed by atoms with Gasteiger partial charge in [-0.25, -0.2) is 4.79 Å². The van der Waals surface area contributed by atoms with Crippen LogP contribution in [0.1, 0.15) is 18.4 Å². The number of hydrogen-bond donors (Lipinski definition) is 1. The van der Waals surface area contributed by atoms with Crippen molar-refractivity contribution in [2.24, 2.45) is 0 Å². The normalized spacial score (nSPS) is 16.9. The monoisotopic (exact) mass is 320 g/mol. The summed E-state index contributed by atoms with van der Waals surface area (Å²) >= 11 is 0. The van der Waals surface area contributed by atoms with Gasteiger partial charge in [-0.3, -0.25) is 9.59 Å². The quantitative estimate of drug-likeness (QED) is 0.555. The first-order valence-corrected chi connectivity index (χ1v) is 7.48. The van der Waals surface area contributed by atoms with Crippen LogP contribution in [-0.4, -0.2) is 49.1 Å². The third-order valence-electron chi connectivity index (χ3n) is 3.49. The Kier molecular flexibility index (Phi) is 6.56. The maximum Gasteiger partial charge on any atom is 0.332 e. The van der Waals surface area contributed by atoms with Gasteiger partial charge in [0.1, 0.15) is 19.4 Å². The maximum atomic E-state index is 11.9. The number of carbonyl (C=O) groups excluding carboxylic acids is 3. The number of benzene rings is 1. The Morgan fingerprint density at radius 1 is 1.30 bits per heavy atom. The van der Waals surface area contributed by atoms with Gasteiger partial charge in [-0.15, -0.1) is 0 Å². The molecule has 0 saturated carbocycles. The fraction of sp³-hybridized carbons (Fsp3) is 0.438. The summed E-state index contributed by atoms with van der Waals surface area (Å²) in [6.45, 7) is 0.479. The molecular formula is C16H20N2O5. The molecule has 1 saturated heterocycles. The Labute approximate surface area is 134 Å². The van der Waals surface area contributed by atoms with E-state index in [1.165, 1.54) is 4.90 Å². The number of hydrogen-bond acceptors (Lipinski definition) is 5. The predicted octanol–water partition coefficient (Wildman–Crippen LogP) is 0.441. The van der Waals surface area contributed by atoms with Gasteiger partial charge in [0.2, 0.25) is 12.3 Å². The maximum absolute atomic E-state index is 11.9. The van der Waals surface area contributed by atoms with Crippen LogP contribution >= 0.6 is 0 Å². The van der Waals surface area contributed by atoms with Crippen LogP contribution in [0.15, 0.2) is 30.3 Å². The smallest absolute Gasteiger partial charge is 0.332 e. The largest absolute Gasteiger partial charge is 0.459 e. The van der Waals surface area contributed by atoms with Crippen LogP contribution in [-0.2, 0) is 30.5 Å². The number of esters is 1. The summed E-state index contributed by atoms with van der Waals surface area (Å²) < 4.78 is 10.6. The summed E-state index contributed by atoms with van der Waals surface area (Å²) in [6.07, 6.45) is 1.50. The van der Waals surface area contributed by atoms with E-state index in [2.05, 4.69) is 5.32 Å². The molecule has 0 aromatic heterocycles. The molecule has 0 radical (unpaired) electrons. The van der Waals surface area contributed by atoms with Crippen molar-refractivity contribution in [3.05, 3.63) is 35.9 Å². The third-order valence-corrected chi connectivity index (χ3v) is 3.49. The molecule has 0 aliphatic carbocycles. The molecule has 124 valence electrons. The summed E-state index contributed by atoms with van der Waals surface area (Å²) in [4.78, 5) is 35.4. The Morgan fingerprint density at radius 3 is 2.83 bits per heavy atom. The summed E-state index contributed by atoms with van der Waals surface area (Å²) in [7, 11) is 0. The Hall–Kier alpha value is -2.41. The van der Waals surface area contributed by atoms with Gasteiger partial charge < -0.3 is 19.7 Å². The number of likely N-dealkylation sites (tertiary alicyclic amines) is 1. The first-order valence-electron chi connectivity index (χ1n) is 7.48. The van der Waals surface area contributed by atoms with Gasteiger partial charge >= 0.3 is 5.97 Å². The number of carbonyl (C=O) groups is 3. The molecule has 1 aromatic rings. The van der Waals surface area contributed by atoms with Crippen LogP contribution in [0.2, 0.25) is 0 Å². The lowest BCUT2D eigenvalue weighted by molar-refractivity contribution is -0.160. The van der Waals surface area contributed by atoms with Gasteiger partial charge in [0.15, 0.2) is 0 Å². The van der Waals surface area contributed by atoms with Crippen molar-refractivity contribution in [2.45, 2.75) is 25.7 Å². The van der Waals surface area contributed by atoms with Crippen molar-refractivity contribution in [1.82, 2.24) is 10.2 Å². The van der Waals surface area contributed by atoms with Crippen molar-refractivity contribution >= 4 is 18.3 Å². The average molecular weight is 320 g/mol.